The zero-order valence-corrected chi connectivity index (χ0v) is 10.6. The molecule has 16 heavy (non-hydrogen) atoms. The Kier molecular flexibility index (Phi) is 4.32. The zero-order valence-electron chi connectivity index (χ0n) is 9.01. The Hall–Kier alpha value is -0.450. The van der Waals surface area contributed by atoms with Crippen LogP contribution in [0, 0.1) is 5.82 Å². The first-order valence-corrected chi connectivity index (χ1v) is 6.29. The second-order valence-corrected chi connectivity index (χ2v) is 5.00. The van der Waals surface area contributed by atoms with E-state index in [4.69, 9.17) is 4.74 Å². The number of ether oxygens (including phenoxy) is 1. The van der Waals surface area contributed by atoms with Crippen molar-refractivity contribution >= 4 is 15.9 Å². The van der Waals surface area contributed by atoms with Crippen LogP contribution in [-0.2, 0) is 11.3 Å². The number of hydrogen-bond donors (Lipinski definition) is 1. The molecule has 0 bridgehead atoms. The Bertz CT molecular complexity index is 333. The van der Waals surface area contributed by atoms with Crippen LogP contribution >= 0.6 is 15.9 Å². The standard InChI is InChI=1S/C12H15BrFNO/c13-10-4-9(5-11(14)6-10)7-16-8-12-2-1-3-15-12/h4-6,12,15H,1-3,7-8H2. The van der Waals surface area contributed by atoms with Crippen LogP contribution in [-0.4, -0.2) is 19.2 Å². The molecule has 1 unspecified atom stereocenters. The second kappa shape index (κ2) is 5.75. The average molecular weight is 288 g/mol. The molecule has 0 saturated carbocycles. The third-order valence-corrected chi connectivity index (χ3v) is 3.13. The Morgan fingerprint density at radius 1 is 1.44 bits per heavy atom. The van der Waals surface area contributed by atoms with Gasteiger partial charge in [-0.15, -0.1) is 0 Å². The van der Waals surface area contributed by atoms with Gasteiger partial charge >= 0.3 is 0 Å². The molecule has 1 N–H and O–H groups in total. The summed E-state index contributed by atoms with van der Waals surface area (Å²) in [5, 5.41) is 3.36. The third-order valence-electron chi connectivity index (χ3n) is 2.67. The van der Waals surface area contributed by atoms with Crippen LogP contribution in [0.2, 0.25) is 0 Å². The molecule has 1 saturated heterocycles. The van der Waals surface area contributed by atoms with Crippen molar-refractivity contribution in [2.24, 2.45) is 0 Å². The van der Waals surface area contributed by atoms with E-state index in [1.54, 1.807) is 0 Å². The molecule has 0 amide bonds. The third kappa shape index (κ3) is 3.54. The summed E-state index contributed by atoms with van der Waals surface area (Å²) in [6, 6.07) is 5.30. The van der Waals surface area contributed by atoms with Gasteiger partial charge in [0, 0.05) is 10.5 Å². The van der Waals surface area contributed by atoms with Crippen LogP contribution in [0.25, 0.3) is 0 Å². The fourth-order valence-corrected chi connectivity index (χ4v) is 2.43. The highest BCUT2D eigenvalue weighted by atomic mass is 79.9. The molecule has 1 aliphatic rings. The van der Waals surface area contributed by atoms with Gasteiger partial charge in [-0.05, 0) is 43.1 Å². The highest BCUT2D eigenvalue weighted by molar-refractivity contribution is 9.10. The number of rotatable bonds is 4. The summed E-state index contributed by atoms with van der Waals surface area (Å²) in [4.78, 5) is 0. The first-order valence-electron chi connectivity index (χ1n) is 5.50. The maximum atomic E-state index is 13.1. The topological polar surface area (TPSA) is 21.3 Å². The van der Waals surface area contributed by atoms with Crippen molar-refractivity contribution in [1.82, 2.24) is 5.32 Å². The largest absolute Gasteiger partial charge is 0.375 e. The van der Waals surface area contributed by atoms with Gasteiger partial charge < -0.3 is 10.1 Å². The maximum Gasteiger partial charge on any atom is 0.124 e. The minimum Gasteiger partial charge on any atom is -0.375 e. The molecule has 0 aliphatic carbocycles. The molecule has 2 nitrogen and oxygen atoms in total. The van der Waals surface area contributed by atoms with E-state index in [0.29, 0.717) is 19.3 Å². The summed E-state index contributed by atoms with van der Waals surface area (Å²) >= 11 is 3.26. The SMILES string of the molecule is Fc1cc(Br)cc(COCC2CCCN2)c1. The fourth-order valence-electron chi connectivity index (χ4n) is 1.91. The number of nitrogens with one attached hydrogen (secondary N) is 1. The van der Waals surface area contributed by atoms with Gasteiger partial charge in [0.15, 0.2) is 0 Å². The Morgan fingerprint density at radius 2 is 2.31 bits per heavy atom. The molecular weight excluding hydrogens is 273 g/mol. The lowest BCUT2D eigenvalue weighted by Crippen LogP contribution is -2.26. The molecule has 88 valence electrons. The van der Waals surface area contributed by atoms with E-state index in [1.807, 2.05) is 6.07 Å². The van der Waals surface area contributed by atoms with E-state index in [9.17, 15) is 4.39 Å². The van der Waals surface area contributed by atoms with Crippen molar-refractivity contribution < 1.29 is 9.13 Å². The van der Waals surface area contributed by atoms with Crippen LogP contribution in [0.15, 0.2) is 22.7 Å². The molecule has 0 spiro atoms. The predicted octanol–water partition coefficient (Wildman–Crippen LogP) is 2.86. The predicted molar refractivity (Wildman–Crippen MR) is 64.8 cm³/mol. The van der Waals surface area contributed by atoms with Gasteiger partial charge in [-0.1, -0.05) is 15.9 Å². The molecule has 1 aliphatic heterocycles. The molecule has 4 heteroatoms. The Labute approximate surface area is 103 Å². The van der Waals surface area contributed by atoms with Gasteiger partial charge in [0.2, 0.25) is 0 Å². The van der Waals surface area contributed by atoms with Crippen LogP contribution < -0.4 is 5.32 Å². The van der Waals surface area contributed by atoms with Crippen LogP contribution in [0.3, 0.4) is 0 Å². The van der Waals surface area contributed by atoms with Gasteiger partial charge in [-0.2, -0.15) is 0 Å². The molecule has 2 rings (SSSR count). The number of benzene rings is 1. The molecule has 1 fully saturated rings. The van der Waals surface area contributed by atoms with Crippen molar-refractivity contribution in [3.63, 3.8) is 0 Å². The van der Waals surface area contributed by atoms with E-state index >= 15 is 0 Å². The Balaban J connectivity index is 1.80. The molecule has 0 radical (unpaired) electrons. The van der Waals surface area contributed by atoms with Crippen LogP contribution in [0.1, 0.15) is 18.4 Å². The lowest BCUT2D eigenvalue weighted by molar-refractivity contribution is 0.103. The van der Waals surface area contributed by atoms with Gasteiger partial charge in [-0.25, -0.2) is 4.39 Å². The van der Waals surface area contributed by atoms with E-state index < -0.39 is 0 Å². The smallest absolute Gasteiger partial charge is 0.124 e. The molecule has 1 atom stereocenters. The zero-order chi connectivity index (χ0) is 11.4. The summed E-state index contributed by atoms with van der Waals surface area (Å²) in [6.07, 6.45) is 2.40. The van der Waals surface area contributed by atoms with Crippen molar-refractivity contribution in [2.45, 2.75) is 25.5 Å². The molecule has 1 aromatic rings. The second-order valence-electron chi connectivity index (χ2n) is 4.09. The van der Waals surface area contributed by atoms with E-state index in [1.165, 1.54) is 25.0 Å². The van der Waals surface area contributed by atoms with Gasteiger partial charge in [0.25, 0.3) is 0 Å². The fraction of sp³-hybridized carbons (Fsp3) is 0.500. The van der Waals surface area contributed by atoms with Crippen molar-refractivity contribution in [2.75, 3.05) is 13.2 Å². The summed E-state index contributed by atoms with van der Waals surface area (Å²) in [7, 11) is 0. The van der Waals surface area contributed by atoms with E-state index in [0.717, 1.165) is 16.6 Å². The summed E-state index contributed by atoms with van der Waals surface area (Å²) in [6.45, 7) is 2.25. The van der Waals surface area contributed by atoms with Crippen LogP contribution in [0.5, 0.6) is 0 Å². The first-order chi connectivity index (χ1) is 7.74. The van der Waals surface area contributed by atoms with Crippen molar-refractivity contribution in [1.29, 1.82) is 0 Å². The maximum absolute atomic E-state index is 13.1. The highest BCUT2D eigenvalue weighted by Crippen LogP contribution is 2.16. The van der Waals surface area contributed by atoms with Gasteiger partial charge in [0.05, 0.1) is 13.2 Å². The lowest BCUT2D eigenvalue weighted by atomic mass is 10.2. The van der Waals surface area contributed by atoms with Crippen molar-refractivity contribution in [3.8, 4) is 0 Å². The van der Waals surface area contributed by atoms with Crippen molar-refractivity contribution in [3.05, 3.63) is 34.1 Å². The van der Waals surface area contributed by atoms with E-state index in [2.05, 4.69) is 21.2 Å². The molecule has 1 aromatic carbocycles. The highest BCUT2D eigenvalue weighted by Gasteiger charge is 2.13. The molecular formula is C12H15BrFNO. The summed E-state index contributed by atoms with van der Waals surface area (Å²) in [5.41, 5.74) is 0.866. The average Bonchev–Trinajstić information content (AvgIpc) is 2.69. The number of hydrogen-bond acceptors (Lipinski definition) is 2. The first kappa shape index (κ1) is 12.0. The van der Waals surface area contributed by atoms with Gasteiger partial charge in [0.1, 0.15) is 5.82 Å². The number of halogens is 2. The molecule has 0 aromatic heterocycles. The lowest BCUT2D eigenvalue weighted by Gasteiger charge is -2.11. The summed E-state index contributed by atoms with van der Waals surface area (Å²) in [5.74, 6) is -0.230. The minimum atomic E-state index is -0.230. The normalized spacial score (nSPS) is 20.2. The monoisotopic (exact) mass is 287 g/mol. The summed E-state index contributed by atoms with van der Waals surface area (Å²) < 4.78 is 19.4. The molecule has 1 heterocycles. The van der Waals surface area contributed by atoms with Gasteiger partial charge in [-0.3, -0.25) is 0 Å². The quantitative estimate of drug-likeness (QED) is 0.920. The Morgan fingerprint density at radius 3 is 3.00 bits per heavy atom. The van der Waals surface area contributed by atoms with E-state index in [-0.39, 0.29) is 5.82 Å². The minimum absolute atomic E-state index is 0.230. The van der Waals surface area contributed by atoms with Crippen LogP contribution in [0.4, 0.5) is 4.39 Å².